The van der Waals surface area contributed by atoms with Gasteiger partial charge in [-0.05, 0) is 56.7 Å². The van der Waals surface area contributed by atoms with Crippen LogP contribution in [0.15, 0.2) is 30.5 Å². The lowest BCUT2D eigenvalue weighted by Gasteiger charge is -2.41. The Kier molecular flexibility index (Phi) is 5.81. The van der Waals surface area contributed by atoms with Crippen LogP contribution in [0, 0.1) is 24.6 Å². The molecule has 38 heavy (non-hydrogen) atoms. The molecule has 2 amide bonds. The van der Waals surface area contributed by atoms with Crippen molar-refractivity contribution < 1.29 is 23.5 Å². The van der Waals surface area contributed by atoms with E-state index in [2.05, 4.69) is 15.2 Å². The van der Waals surface area contributed by atoms with Crippen LogP contribution in [0.3, 0.4) is 0 Å². The molecule has 2 aliphatic heterocycles. The summed E-state index contributed by atoms with van der Waals surface area (Å²) in [5.41, 5.74) is 7.76. The molecule has 3 aromatic rings. The van der Waals surface area contributed by atoms with Gasteiger partial charge in [0.05, 0.1) is 31.3 Å². The summed E-state index contributed by atoms with van der Waals surface area (Å²) in [6, 6.07) is 6.87. The number of rotatable bonds is 5. The largest absolute Gasteiger partial charge is 0.492 e. The van der Waals surface area contributed by atoms with Crippen molar-refractivity contribution in [2.24, 2.45) is 17.6 Å². The molecule has 3 aromatic heterocycles. The van der Waals surface area contributed by atoms with E-state index < -0.39 is 11.4 Å². The third-order valence-corrected chi connectivity index (χ3v) is 8.26. The molecular formula is C27H29FN6O4. The predicted octanol–water partition coefficient (Wildman–Crippen LogP) is 2.99. The first kappa shape index (κ1) is 24.3. The number of H-pyrrole nitrogens is 1. The van der Waals surface area contributed by atoms with Crippen LogP contribution >= 0.6 is 0 Å². The van der Waals surface area contributed by atoms with Crippen molar-refractivity contribution in [3.05, 3.63) is 53.4 Å². The molecule has 2 unspecified atom stereocenters. The maximum Gasteiger partial charge on any atom is 0.274 e. The Morgan fingerprint density at radius 1 is 1.26 bits per heavy atom. The highest BCUT2D eigenvalue weighted by atomic mass is 19.1. The summed E-state index contributed by atoms with van der Waals surface area (Å²) >= 11 is 0. The van der Waals surface area contributed by atoms with E-state index in [0.29, 0.717) is 31.7 Å². The van der Waals surface area contributed by atoms with E-state index in [1.54, 1.807) is 6.07 Å². The van der Waals surface area contributed by atoms with Gasteiger partial charge in [0.2, 0.25) is 11.8 Å². The van der Waals surface area contributed by atoms with Gasteiger partial charge >= 0.3 is 0 Å². The van der Waals surface area contributed by atoms with Crippen LogP contribution in [-0.2, 0) is 4.79 Å². The van der Waals surface area contributed by atoms with Gasteiger partial charge in [-0.2, -0.15) is 5.10 Å². The molecular weight excluding hydrogens is 491 g/mol. The second kappa shape index (κ2) is 9.07. The molecule has 1 saturated carbocycles. The Bertz CT molecular complexity index is 1430. The van der Waals surface area contributed by atoms with Crippen molar-refractivity contribution in [1.29, 1.82) is 0 Å². The third-order valence-electron chi connectivity index (χ3n) is 8.26. The molecule has 5 heterocycles. The van der Waals surface area contributed by atoms with Crippen LogP contribution in [0.1, 0.15) is 53.5 Å². The van der Waals surface area contributed by atoms with Crippen LogP contribution < -0.4 is 15.2 Å². The number of piperidine rings is 1. The third kappa shape index (κ3) is 3.97. The molecule has 0 radical (unpaired) electrons. The topological polar surface area (TPSA) is 136 Å². The Balaban J connectivity index is 1.32. The Morgan fingerprint density at radius 2 is 2.11 bits per heavy atom. The first-order valence-corrected chi connectivity index (χ1v) is 12.8. The van der Waals surface area contributed by atoms with Gasteiger partial charge in [0, 0.05) is 41.2 Å². The standard InChI is InChI=1S/C27H29FN6O4/c1-14-3-4-22-24(31-14)16(6-8-38-22)18-12-27(18)11-15(25(29)35)5-7-34(27)26(36)21-10-20(32-33-21)17-9-23(37-2)30-13-19(17)28/h3-4,9-10,13,15-16,18H,5-8,11-12H2,1-2H3,(H2,29,35)(H,32,33)/t15?,16-,18+,27?/m1/s1. The highest BCUT2D eigenvalue weighted by Crippen LogP contribution is 2.62. The number of hydrogen-bond acceptors (Lipinski definition) is 7. The number of fused-ring (bicyclic) bond motifs is 1. The minimum Gasteiger partial charge on any atom is -0.492 e. The second-order valence-electron chi connectivity index (χ2n) is 10.4. The summed E-state index contributed by atoms with van der Waals surface area (Å²) in [5.74, 6) is -0.216. The number of likely N-dealkylation sites (tertiary alicyclic amines) is 1. The highest BCUT2D eigenvalue weighted by Gasteiger charge is 2.65. The van der Waals surface area contributed by atoms with Crippen molar-refractivity contribution in [3.63, 3.8) is 0 Å². The average molecular weight is 521 g/mol. The number of hydrogen-bond donors (Lipinski definition) is 2. The lowest BCUT2D eigenvalue weighted by atomic mass is 9.82. The van der Waals surface area contributed by atoms with E-state index in [-0.39, 0.29) is 46.7 Å². The monoisotopic (exact) mass is 520 g/mol. The van der Waals surface area contributed by atoms with E-state index in [9.17, 15) is 14.0 Å². The maximum absolute atomic E-state index is 14.5. The molecule has 4 atom stereocenters. The number of nitrogens with two attached hydrogens (primary N) is 1. The maximum atomic E-state index is 14.5. The van der Waals surface area contributed by atoms with Crippen LogP contribution in [0.5, 0.6) is 11.6 Å². The Labute approximate surface area is 218 Å². The zero-order valence-corrected chi connectivity index (χ0v) is 21.2. The Hall–Kier alpha value is -4.02. The molecule has 6 rings (SSSR count). The smallest absolute Gasteiger partial charge is 0.274 e. The van der Waals surface area contributed by atoms with E-state index >= 15 is 0 Å². The number of nitrogens with zero attached hydrogens (tertiary/aromatic N) is 4. The molecule has 3 aliphatic rings. The van der Waals surface area contributed by atoms with E-state index in [1.807, 2.05) is 24.0 Å². The summed E-state index contributed by atoms with van der Waals surface area (Å²) in [7, 11) is 1.45. The average Bonchev–Trinajstić information content (AvgIpc) is 3.38. The van der Waals surface area contributed by atoms with Crippen LogP contribution in [0.4, 0.5) is 4.39 Å². The molecule has 1 aliphatic carbocycles. The molecule has 0 aromatic carbocycles. The molecule has 1 spiro atoms. The molecule has 1 saturated heterocycles. The van der Waals surface area contributed by atoms with E-state index in [1.165, 1.54) is 13.2 Å². The first-order chi connectivity index (χ1) is 18.3. The number of ether oxygens (including phenoxy) is 2. The predicted molar refractivity (Wildman–Crippen MR) is 134 cm³/mol. The minimum atomic E-state index is -0.560. The van der Waals surface area contributed by atoms with Gasteiger partial charge < -0.3 is 20.1 Å². The fourth-order valence-corrected chi connectivity index (χ4v) is 6.30. The Morgan fingerprint density at radius 3 is 2.89 bits per heavy atom. The number of methoxy groups -OCH3 is 1. The van der Waals surface area contributed by atoms with Gasteiger partial charge in [-0.1, -0.05) is 0 Å². The number of amides is 2. The van der Waals surface area contributed by atoms with Crippen molar-refractivity contribution in [2.45, 2.75) is 44.1 Å². The summed E-state index contributed by atoms with van der Waals surface area (Å²) in [4.78, 5) is 36.6. The number of pyridine rings is 2. The van der Waals surface area contributed by atoms with Crippen LogP contribution in [0.25, 0.3) is 11.3 Å². The normalized spacial score (nSPS) is 26.0. The number of carbonyl (C=O) groups excluding carboxylic acids is 2. The highest BCUT2D eigenvalue weighted by molar-refractivity contribution is 5.94. The number of aromatic amines is 1. The van der Waals surface area contributed by atoms with Gasteiger partial charge in [0.15, 0.2) is 11.5 Å². The number of aromatic nitrogens is 4. The lowest BCUT2D eigenvalue weighted by Crippen LogP contribution is -2.52. The van der Waals surface area contributed by atoms with E-state index in [4.69, 9.17) is 20.2 Å². The molecule has 10 nitrogen and oxygen atoms in total. The van der Waals surface area contributed by atoms with Gasteiger partial charge in [0.1, 0.15) is 5.75 Å². The summed E-state index contributed by atoms with van der Waals surface area (Å²) in [5, 5.41) is 7.01. The lowest BCUT2D eigenvalue weighted by molar-refractivity contribution is -0.124. The fourth-order valence-electron chi connectivity index (χ4n) is 6.30. The van der Waals surface area contributed by atoms with Gasteiger partial charge in [-0.15, -0.1) is 0 Å². The van der Waals surface area contributed by atoms with Crippen molar-refractivity contribution in [1.82, 2.24) is 25.1 Å². The van der Waals surface area contributed by atoms with Gasteiger partial charge in [-0.25, -0.2) is 9.37 Å². The number of primary amides is 1. The number of aryl methyl sites for hydroxylation is 1. The van der Waals surface area contributed by atoms with E-state index in [0.717, 1.165) is 36.2 Å². The van der Waals surface area contributed by atoms with Crippen LogP contribution in [0.2, 0.25) is 0 Å². The number of carbonyl (C=O) groups is 2. The van der Waals surface area contributed by atoms with Crippen LogP contribution in [-0.4, -0.2) is 62.7 Å². The molecule has 198 valence electrons. The molecule has 3 N–H and O–H groups in total. The van der Waals surface area contributed by atoms with Crippen molar-refractivity contribution in [3.8, 4) is 22.9 Å². The minimum absolute atomic E-state index is 0.105. The molecule has 0 bridgehead atoms. The second-order valence-corrected chi connectivity index (χ2v) is 10.4. The summed E-state index contributed by atoms with van der Waals surface area (Å²) in [6.07, 6.45) is 3.59. The quantitative estimate of drug-likeness (QED) is 0.528. The molecule has 2 fully saturated rings. The van der Waals surface area contributed by atoms with Gasteiger partial charge in [-0.3, -0.25) is 19.7 Å². The first-order valence-electron chi connectivity index (χ1n) is 12.8. The zero-order valence-electron chi connectivity index (χ0n) is 21.2. The SMILES string of the molecule is COc1cc(-c2cc(C(=O)N3CCC(C(N)=O)CC34C[C@H]4[C@H]3CCOc4ccc(C)nc43)n[nH]2)c(F)cn1. The fraction of sp³-hybridized carbons (Fsp3) is 0.444. The summed E-state index contributed by atoms with van der Waals surface area (Å²) in [6.45, 7) is 2.91. The van der Waals surface area contributed by atoms with Crippen molar-refractivity contribution >= 4 is 11.8 Å². The number of halogens is 1. The number of nitrogens with one attached hydrogen (secondary N) is 1. The van der Waals surface area contributed by atoms with Crippen molar-refractivity contribution in [2.75, 3.05) is 20.3 Å². The molecule has 11 heteroatoms. The summed E-state index contributed by atoms with van der Waals surface area (Å²) < 4.78 is 25.5. The van der Waals surface area contributed by atoms with Gasteiger partial charge in [0.25, 0.3) is 5.91 Å². The zero-order chi connectivity index (χ0) is 26.6.